The number of aliphatic imine (C=N–C) groups is 1. The van der Waals surface area contributed by atoms with E-state index < -0.39 is 0 Å². The standard InChI is InChI=1S/C16H34N4O2.HI/c1-4-22-12-5-8-18-16(17-2)19-14-15-6-9-20(10-7-15)11-13-21-3;/h15H,4-14H2,1-3H3,(H2,17,18,19);1H. The van der Waals surface area contributed by atoms with Gasteiger partial charge in [-0.25, -0.2) is 0 Å². The van der Waals surface area contributed by atoms with Crippen LogP contribution in [0, 0.1) is 5.92 Å². The quantitative estimate of drug-likeness (QED) is 0.233. The number of rotatable bonds is 10. The monoisotopic (exact) mass is 442 g/mol. The lowest BCUT2D eigenvalue weighted by atomic mass is 9.97. The Hall–Kier alpha value is -0.120. The molecule has 6 nitrogen and oxygen atoms in total. The summed E-state index contributed by atoms with van der Waals surface area (Å²) in [4.78, 5) is 6.76. The number of guanidine groups is 1. The highest BCUT2D eigenvalue weighted by Crippen LogP contribution is 2.15. The maximum absolute atomic E-state index is 5.33. The van der Waals surface area contributed by atoms with Gasteiger partial charge in [0.1, 0.15) is 0 Å². The van der Waals surface area contributed by atoms with Crippen molar-refractivity contribution in [1.29, 1.82) is 0 Å². The topological polar surface area (TPSA) is 58.1 Å². The average molecular weight is 442 g/mol. The normalized spacial score (nSPS) is 16.9. The van der Waals surface area contributed by atoms with Gasteiger partial charge in [-0.05, 0) is 45.2 Å². The lowest BCUT2D eigenvalue weighted by Crippen LogP contribution is -2.43. The van der Waals surface area contributed by atoms with Crippen LogP contribution in [0.25, 0.3) is 0 Å². The summed E-state index contributed by atoms with van der Waals surface area (Å²) >= 11 is 0. The molecule has 138 valence electrons. The van der Waals surface area contributed by atoms with Crippen molar-refractivity contribution >= 4 is 29.9 Å². The number of ether oxygens (including phenoxy) is 2. The number of piperidine rings is 1. The third kappa shape index (κ3) is 11.1. The number of nitrogens with one attached hydrogen (secondary N) is 2. The first kappa shape index (κ1) is 22.9. The first-order chi connectivity index (χ1) is 10.8. The van der Waals surface area contributed by atoms with Crippen molar-refractivity contribution in [2.24, 2.45) is 10.9 Å². The third-order valence-electron chi connectivity index (χ3n) is 4.06. The zero-order valence-corrected chi connectivity index (χ0v) is 17.3. The summed E-state index contributed by atoms with van der Waals surface area (Å²) in [6.45, 7) is 9.76. The second kappa shape index (κ2) is 15.4. The summed E-state index contributed by atoms with van der Waals surface area (Å²) in [6, 6.07) is 0. The van der Waals surface area contributed by atoms with Gasteiger partial charge in [0, 0.05) is 47.0 Å². The Kier molecular flexibility index (Phi) is 15.3. The Morgan fingerprint density at radius 3 is 2.57 bits per heavy atom. The van der Waals surface area contributed by atoms with Crippen LogP contribution in [-0.2, 0) is 9.47 Å². The van der Waals surface area contributed by atoms with Gasteiger partial charge in [0.25, 0.3) is 0 Å². The summed E-state index contributed by atoms with van der Waals surface area (Å²) in [6.07, 6.45) is 3.50. The van der Waals surface area contributed by atoms with Gasteiger partial charge in [-0.1, -0.05) is 0 Å². The molecular formula is C16H35IN4O2. The van der Waals surface area contributed by atoms with Crippen molar-refractivity contribution in [3.63, 3.8) is 0 Å². The molecule has 7 heteroatoms. The molecule has 1 rings (SSSR count). The van der Waals surface area contributed by atoms with Gasteiger partial charge in [0.15, 0.2) is 5.96 Å². The van der Waals surface area contributed by atoms with E-state index in [2.05, 4.69) is 20.5 Å². The van der Waals surface area contributed by atoms with E-state index in [0.717, 1.165) is 57.8 Å². The average Bonchev–Trinajstić information content (AvgIpc) is 2.56. The van der Waals surface area contributed by atoms with E-state index in [-0.39, 0.29) is 24.0 Å². The largest absolute Gasteiger partial charge is 0.383 e. The number of hydrogen-bond acceptors (Lipinski definition) is 4. The molecule has 0 unspecified atom stereocenters. The van der Waals surface area contributed by atoms with Gasteiger partial charge in [0.05, 0.1) is 6.61 Å². The molecule has 0 atom stereocenters. The Labute approximate surface area is 158 Å². The van der Waals surface area contributed by atoms with Crippen LogP contribution >= 0.6 is 24.0 Å². The molecule has 1 aliphatic rings. The van der Waals surface area contributed by atoms with Gasteiger partial charge in [-0.3, -0.25) is 4.99 Å². The van der Waals surface area contributed by atoms with E-state index >= 15 is 0 Å². The van der Waals surface area contributed by atoms with Gasteiger partial charge >= 0.3 is 0 Å². The van der Waals surface area contributed by atoms with Crippen molar-refractivity contribution in [3.05, 3.63) is 0 Å². The summed E-state index contributed by atoms with van der Waals surface area (Å²) in [5.41, 5.74) is 0. The second-order valence-electron chi connectivity index (χ2n) is 5.71. The maximum atomic E-state index is 5.33. The van der Waals surface area contributed by atoms with Crippen LogP contribution in [0.2, 0.25) is 0 Å². The van der Waals surface area contributed by atoms with Crippen molar-refractivity contribution in [2.75, 3.05) is 66.7 Å². The number of nitrogens with zero attached hydrogens (tertiary/aromatic N) is 2. The predicted octanol–water partition coefficient (Wildman–Crippen LogP) is 1.55. The number of hydrogen-bond donors (Lipinski definition) is 2. The molecule has 0 aromatic rings. The molecule has 1 aliphatic heterocycles. The fourth-order valence-corrected chi connectivity index (χ4v) is 2.62. The molecule has 1 heterocycles. The lowest BCUT2D eigenvalue weighted by molar-refractivity contribution is 0.121. The smallest absolute Gasteiger partial charge is 0.190 e. The van der Waals surface area contributed by atoms with Crippen LogP contribution in [0.3, 0.4) is 0 Å². The zero-order chi connectivity index (χ0) is 16.0. The minimum Gasteiger partial charge on any atom is -0.383 e. The molecule has 2 N–H and O–H groups in total. The van der Waals surface area contributed by atoms with Crippen LogP contribution in [-0.4, -0.2) is 77.6 Å². The summed E-state index contributed by atoms with van der Waals surface area (Å²) < 4.78 is 10.5. The van der Waals surface area contributed by atoms with Crippen molar-refractivity contribution < 1.29 is 9.47 Å². The molecule has 1 saturated heterocycles. The Morgan fingerprint density at radius 1 is 1.22 bits per heavy atom. The molecule has 0 amide bonds. The number of methoxy groups -OCH3 is 1. The van der Waals surface area contributed by atoms with Crippen LogP contribution in [0.5, 0.6) is 0 Å². The highest BCUT2D eigenvalue weighted by molar-refractivity contribution is 14.0. The molecule has 23 heavy (non-hydrogen) atoms. The lowest BCUT2D eigenvalue weighted by Gasteiger charge is -2.32. The molecule has 0 aromatic heterocycles. The second-order valence-corrected chi connectivity index (χ2v) is 5.71. The molecule has 0 aromatic carbocycles. The number of halogens is 1. The van der Waals surface area contributed by atoms with E-state index in [1.165, 1.54) is 25.9 Å². The highest BCUT2D eigenvalue weighted by Gasteiger charge is 2.18. The summed E-state index contributed by atoms with van der Waals surface area (Å²) in [7, 11) is 3.59. The zero-order valence-electron chi connectivity index (χ0n) is 15.0. The van der Waals surface area contributed by atoms with Crippen LogP contribution < -0.4 is 10.6 Å². The summed E-state index contributed by atoms with van der Waals surface area (Å²) in [5.74, 6) is 1.64. The minimum atomic E-state index is 0. The van der Waals surface area contributed by atoms with Gasteiger partial charge in [-0.2, -0.15) is 0 Å². The van der Waals surface area contributed by atoms with E-state index in [4.69, 9.17) is 9.47 Å². The Balaban J connectivity index is 0.00000484. The Morgan fingerprint density at radius 2 is 1.96 bits per heavy atom. The van der Waals surface area contributed by atoms with Gasteiger partial charge in [-0.15, -0.1) is 24.0 Å². The van der Waals surface area contributed by atoms with E-state index in [1.54, 1.807) is 7.11 Å². The van der Waals surface area contributed by atoms with Crippen LogP contribution in [0.15, 0.2) is 4.99 Å². The van der Waals surface area contributed by atoms with Crippen molar-refractivity contribution in [2.45, 2.75) is 26.2 Å². The van der Waals surface area contributed by atoms with E-state index in [0.29, 0.717) is 0 Å². The molecular weight excluding hydrogens is 407 g/mol. The molecule has 0 bridgehead atoms. The number of likely N-dealkylation sites (tertiary alicyclic amines) is 1. The predicted molar refractivity (Wildman–Crippen MR) is 107 cm³/mol. The SMILES string of the molecule is CCOCCCNC(=NC)NCC1CCN(CCOC)CC1.I. The fraction of sp³-hybridized carbons (Fsp3) is 0.938. The Bertz CT molecular complexity index is 298. The third-order valence-corrected chi connectivity index (χ3v) is 4.06. The van der Waals surface area contributed by atoms with Crippen LogP contribution in [0.1, 0.15) is 26.2 Å². The first-order valence-electron chi connectivity index (χ1n) is 8.53. The van der Waals surface area contributed by atoms with E-state index in [9.17, 15) is 0 Å². The maximum Gasteiger partial charge on any atom is 0.190 e. The molecule has 0 radical (unpaired) electrons. The van der Waals surface area contributed by atoms with E-state index in [1.807, 2.05) is 14.0 Å². The first-order valence-corrected chi connectivity index (χ1v) is 8.53. The molecule has 0 spiro atoms. The molecule has 0 saturated carbocycles. The van der Waals surface area contributed by atoms with Crippen LogP contribution in [0.4, 0.5) is 0 Å². The minimum absolute atomic E-state index is 0. The van der Waals surface area contributed by atoms with Crippen molar-refractivity contribution in [1.82, 2.24) is 15.5 Å². The van der Waals surface area contributed by atoms with Gasteiger partial charge in [0.2, 0.25) is 0 Å². The van der Waals surface area contributed by atoms with Crippen molar-refractivity contribution in [3.8, 4) is 0 Å². The molecule has 0 aliphatic carbocycles. The highest BCUT2D eigenvalue weighted by atomic mass is 127. The van der Waals surface area contributed by atoms with Gasteiger partial charge < -0.3 is 25.0 Å². The molecule has 1 fully saturated rings. The fourth-order valence-electron chi connectivity index (χ4n) is 2.62. The summed E-state index contributed by atoms with van der Waals surface area (Å²) in [5, 5.41) is 6.78.